The van der Waals surface area contributed by atoms with E-state index in [1.54, 1.807) is 30.8 Å². The van der Waals surface area contributed by atoms with E-state index in [0.717, 1.165) is 31.4 Å². The molecule has 1 saturated carbocycles. The van der Waals surface area contributed by atoms with Gasteiger partial charge in [-0.15, -0.1) is 17.8 Å². The Morgan fingerprint density at radius 1 is 1.33 bits per heavy atom. The van der Waals surface area contributed by atoms with E-state index in [-0.39, 0.29) is 11.9 Å². The molecule has 0 N–H and O–H groups in total. The minimum absolute atomic E-state index is 0.0517. The van der Waals surface area contributed by atoms with Gasteiger partial charge in [0.1, 0.15) is 6.61 Å². The van der Waals surface area contributed by atoms with Crippen LogP contribution in [0.15, 0.2) is 29.1 Å². The first-order valence-corrected chi connectivity index (χ1v) is 10.1. The molecule has 1 aliphatic rings. The second-order valence-electron chi connectivity index (χ2n) is 6.56. The Morgan fingerprint density at radius 2 is 2.15 bits per heavy atom. The first-order valence-electron chi connectivity index (χ1n) is 9.15. The topological polar surface area (TPSA) is 51.7 Å². The summed E-state index contributed by atoms with van der Waals surface area (Å²) in [5.41, 5.74) is 3.19. The Hall–Kier alpha value is -2.52. The number of methoxy groups -OCH3 is 1. The van der Waals surface area contributed by atoms with Gasteiger partial charge in [0.2, 0.25) is 0 Å². The molecule has 0 spiro atoms. The number of benzene rings is 1. The summed E-state index contributed by atoms with van der Waals surface area (Å²) in [5, 5.41) is 1.94. The number of hydrogen-bond donors (Lipinski definition) is 0. The summed E-state index contributed by atoms with van der Waals surface area (Å²) in [6.07, 6.45) is 11.1. The van der Waals surface area contributed by atoms with Crippen LogP contribution in [0.3, 0.4) is 0 Å². The SMILES string of the molecule is C#CCN(C(=O)c1ccc(OCc2cscn2)c(OC)c1)C1CCCCC1. The Balaban J connectivity index is 1.76. The van der Waals surface area contributed by atoms with Crippen molar-refractivity contribution < 1.29 is 14.3 Å². The lowest BCUT2D eigenvalue weighted by Crippen LogP contribution is -2.41. The van der Waals surface area contributed by atoms with E-state index in [9.17, 15) is 4.79 Å². The number of ether oxygens (including phenoxy) is 2. The fraction of sp³-hybridized carbons (Fsp3) is 0.429. The second kappa shape index (κ2) is 9.43. The number of carbonyl (C=O) groups excluding carboxylic acids is 1. The van der Waals surface area contributed by atoms with Gasteiger partial charge in [0.15, 0.2) is 11.5 Å². The van der Waals surface area contributed by atoms with Gasteiger partial charge in [-0.1, -0.05) is 25.2 Å². The summed E-state index contributed by atoms with van der Waals surface area (Å²) in [7, 11) is 1.57. The number of hydrogen-bond acceptors (Lipinski definition) is 5. The van der Waals surface area contributed by atoms with Gasteiger partial charge in [-0.25, -0.2) is 4.98 Å². The zero-order chi connectivity index (χ0) is 19.1. The number of carbonyl (C=O) groups is 1. The van der Waals surface area contributed by atoms with Crippen molar-refractivity contribution in [2.75, 3.05) is 13.7 Å². The van der Waals surface area contributed by atoms with Crippen LogP contribution in [0.25, 0.3) is 0 Å². The largest absolute Gasteiger partial charge is 0.493 e. The molecule has 1 aromatic heterocycles. The predicted octanol–water partition coefficient (Wildman–Crippen LogP) is 4.14. The molecule has 0 atom stereocenters. The fourth-order valence-corrected chi connectivity index (χ4v) is 3.95. The number of amides is 1. The highest BCUT2D eigenvalue weighted by atomic mass is 32.1. The predicted molar refractivity (Wildman–Crippen MR) is 106 cm³/mol. The van der Waals surface area contributed by atoms with E-state index < -0.39 is 0 Å². The van der Waals surface area contributed by atoms with E-state index in [0.29, 0.717) is 30.2 Å². The van der Waals surface area contributed by atoms with Crippen LogP contribution < -0.4 is 9.47 Å². The number of thiazole rings is 1. The van der Waals surface area contributed by atoms with E-state index in [4.69, 9.17) is 15.9 Å². The Kier molecular flexibility index (Phi) is 6.72. The number of aromatic nitrogens is 1. The molecular formula is C21H24N2O3S. The van der Waals surface area contributed by atoms with Crippen molar-refractivity contribution in [3.8, 4) is 23.8 Å². The van der Waals surface area contributed by atoms with Crippen molar-refractivity contribution in [1.82, 2.24) is 9.88 Å². The molecule has 1 amide bonds. The summed E-state index contributed by atoms with van der Waals surface area (Å²) in [5.74, 6) is 3.70. The van der Waals surface area contributed by atoms with Crippen molar-refractivity contribution in [3.63, 3.8) is 0 Å². The number of nitrogens with zero attached hydrogens (tertiary/aromatic N) is 2. The maximum absolute atomic E-state index is 13.1. The van der Waals surface area contributed by atoms with Crippen LogP contribution in [0.1, 0.15) is 48.2 Å². The van der Waals surface area contributed by atoms with E-state index in [1.165, 1.54) is 17.8 Å². The first kappa shape index (κ1) is 19.2. The van der Waals surface area contributed by atoms with Gasteiger partial charge in [0.05, 0.1) is 24.9 Å². The Labute approximate surface area is 164 Å². The molecular weight excluding hydrogens is 360 g/mol. The standard InChI is InChI=1S/C21H24N2O3S/c1-3-11-23(18-7-5-4-6-8-18)21(24)16-9-10-19(20(12-16)25-2)26-13-17-14-27-15-22-17/h1,9-10,12,14-15,18H,4-8,11,13H2,2H3. The first-order chi connectivity index (χ1) is 13.2. The average molecular weight is 385 g/mol. The lowest BCUT2D eigenvalue weighted by atomic mass is 9.93. The number of rotatable bonds is 7. The maximum atomic E-state index is 13.1. The van der Waals surface area contributed by atoms with Crippen LogP contribution in [0.2, 0.25) is 0 Å². The van der Waals surface area contributed by atoms with Gasteiger partial charge in [-0.05, 0) is 31.0 Å². The van der Waals surface area contributed by atoms with Gasteiger partial charge in [-0.3, -0.25) is 4.79 Å². The molecule has 1 fully saturated rings. The zero-order valence-electron chi connectivity index (χ0n) is 15.5. The smallest absolute Gasteiger partial charge is 0.255 e. The van der Waals surface area contributed by atoms with Crippen molar-refractivity contribution in [1.29, 1.82) is 0 Å². The molecule has 0 radical (unpaired) electrons. The monoisotopic (exact) mass is 384 g/mol. The summed E-state index contributed by atoms with van der Waals surface area (Å²) < 4.78 is 11.2. The molecule has 142 valence electrons. The maximum Gasteiger partial charge on any atom is 0.255 e. The van der Waals surface area contributed by atoms with Crippen LogP contribution in [0.5, 0.6) is 11.5 Å². The molecule has 0 saturated heterocycles. The third kappa shape index (κ3) is 4.81. The van der Waals surface area contributed by atoms with Gasteiger partial charge in [-0.2, -0.15) is 0 Å². The molecule has 2 aromatic rings. The van der Waals surface area contributed by atoms with Crippen LogP contribution in [0.4, 0.5) is 0 Å². The molecule has 1 heterocycles. The van der Waals surface area contributed by atoms with Crippen molar-refractivity contribution >= 4 is 17.2 Å². The normalized spacial score (nSPS) is 14.4. The van der Waals surface area contributed by atoms with Gasteiger partial charge < -0.3 is 14.4 Å². The van der Waals surface area contributed by atoms with Gasteiger partial charge in [0, 0.05) is 17.0 Å². The summed E-state index contributed by atoms with van der Waals surface area (Å²) in [6, 6.07) is 5.49. The highest BCUT2D eigenvalue weighted by Gasteiger charge is 2.26. The number of terminal acetylenes is 1. The third-order valence-corrected chi connectivity index (χ3v) is 5.44. The Bertz CT molecular complexity index is 792. The molecule has 0 bridgehead atoms. The zero-order valence-corrected chi connectivity index (χ0v) is 16.3. The molecule has 0 unspecified atom stereocenters. The third-order valence-electron chi connectivity index (χ3n) is 4.81. The highest BCUT2D eigenvalue weighted by Crippen LogP contribution is 2.30. The van der Waals surface area contributed by atoms with Crippen molar-refractivity contribution in [2.45, 2.75) is 44.8 Å². The fourth-order valence-electron chi connectivity index (χ4n) is 3.40. The molecule has 27 heavy (non-hydrogen) atoms. The van der Waals surface area contributed by atoms with Crippen molar-refractivity contribution in [2.24, 2.45) is 0 Å². The summed E-state index contributed by atoms with van der Waals surface area (Å²) in [6.45, 7) is 0.687. The van der Waals surface area contributed by atoms with Crippen LogP contribution >= 0.6 is 11.3 Å². The van der Waals surface area contributed by atoms with E-state index >= 15 is 0 Å². The molecule has 6 heteroatoms. The molecule has 5 nitrogen and oxygen atoms in total. The highest BCUT2D eigenvalue weighted by molar-refractivity contribution is 7.07. The van der Waals surface area contributed by atoms with Crippen molar-refractivity contribution in [3.05, 3.63) is 40.3 Å². The molecule has 1 aromatic carbocycles. The average Bonchev–Trinajstić information content (AvgIpc) is 3.24. The molecule has 1 aliphatic carbocycles. The minimum Gasteiger partial charge on any atom is -0.493 e. The van der Waals surface area contributed by atoms with E-state index in [1.807, 2.05) is 10.3 Å². The van der Waals surface area contributed by atoms with E-state index in [2.05, 4.69) is 10.9 Å². The summed E-state index contributed by atoms with van der Waals surface area (Å²) >= 11 is 1.52. The second-order valence-corrected chi connectivity index (χ2v) is 7.28. The van der Waals surface area contributed by atoms with Gasteiger partial charge in [0.25, 0.3) is 5.91 Å². The minimum atomic E-state index is -0.0517. The lowest BCUT2D eigenvalue weighted by Gasteiger charge is -2.33. The summed E-state index contributed by atoms with van der Waals surface area (Å²) in [4.78, 5) is 19.1. The Morgan fingerprint density at radius 3 is 2.81 bits per heavy atom. The lowest BCUT2D eigenvalue weighted by molar-refractivity contribution is 0.0667. The van der Waals surface area contributed by atoms with Crippen LogP contribution in [0, 0.1) is 12.3 Å². The molecule has 3 rings (SSSR count). The molecule has 0 aliphatic heterocycles. The van der Waals surface area contributed by atoms with Crippen LogP contribution in [-0.4, -0.2) is 35.5 Å². The van der Waals surface area contributed by atoms with Gasteiger partial charge >= 0.3 is 0 Å². The quantitative estimate of drug-likeness (QED) is 0.673. The van der Waals surface area contributed by atoms with Crippen LogP contribution in [-0.2, 0) is 6.61 Å².